The van der Waals surface area contributed by atoms with Crippen molar-refractivity contribution < 1.29 is 4.79 Å². The number of rotatable bonds is 7. The smallest absolute Gasteiger partial charge is 0.220 e. The van der Waals surface area contributed by atoms with Crippen LogP contribution >= 0.6 is 11.3 Å². The lowest BCUT2D eigenvalue weighted by molar-refractivity contribution is -0.121. The largest absolute Gasteiger partial charge is 0.356 e. The fourth-order valence-corrected chi connectivity index (χ4v) is 2.00. The number of hydrogen-bond donors (Lipinski definition) is 2. The second-order valence-electron chi connectivity index (χ2n) is 3.44. The summed E-state index contributed by atoms with van der Waals surface area (Å²) >= 11 is 1.69. The zero-order valence-corrected chi connectivity index (χ0v) is 9.90. The summed E-state index contributed by atoms with van der Waals surface area (Å²) in [6.45, 7) is 1.65. The molecule has 0 fully saturated rings. The highest BCUT2D eigenvalue weighted by molar-refractivity contribution is 7.07. The molecule has 0 atom stereocenters. The molecule has 0 saturated carbocycles. The first-order valence-corrected chi connectivity index (χ1v) is 6.19. The average molecular weight is 226 g/mol. The highest BCUT2D eigenvalue weighted by Gasteiger charge is 2.00. The maximum absolute atomic E-state index is 11.3. The molecule has 3 nitrogen and oxygen atoms in total. The topological polar surface area (TPSA) is 41.1 Å². The summed E-state index contributed by atoms with van der Waals surface area (Å²) in [6.07, 6.45) is 2.45. The molecule has 0 aromatic carbocycles. The van der Waals surface area contributed by atoms with Crippen LogP contribution in [0.5, 0.6) is 0 Å². The molecule has 15 heavy (non-hydrogen) atoms. The van der Waals surface area contributed by atoms with Crippen LogP contribution in [-0.2, 0) is 11.2 Å². The first-order chi connectivity index (χ1) is 7.33. The summed E-state index contributed by atoms with van der Waals surface area (Å²) in [6, 6.07) is 2.10. The standard InChI is InChI=1S/C11H18N2OS/c1-12-6-2-3-11(14)13-7-4-10-5-8-15-9-10/h5,8-9,12H,2-4,6-7H2,1H3,(H,13,14). The molecule has 1 aromatic rings. The van der Waals surface area contributed by atoms with Gasteiger partial charge in [0.15, 0.2) is 0 Å². The van der Waals surface area contributed by atoms with Crippen molar-refractivity contribution in [3.8, 4) is 0 Å². The number of hydrogen-bond acceptors (Lipinski definition) is 3. The molecular weight excluding hydrogens is 208 g/mol. The predicted molar refractivity (Wildman–Crippen MR) is 64.2 cm³/mol. The van der Waals surface area contributed by atoms with Crippen molar-refractivity contribution in [1.29, 1.82) is 0 Å². The lowest BCUT2D eigenvalue weighted by Crippen LogP contribution is -2.26. The molecule has 4 heteroatoms. The Morgan fingerprint density at radius 2 is 2.33 bits per heavy atom. The quantitative estimate of drug-likeness (QED) is 0.690. The molecule has 0 bridgehead atoms. The Kier molecular flexibility index (Phi) is 6.04. The molecule has 0 aliphatic rings. The van der Waals surface area contributed by atoms with E-state index in [9.17, 15) is 4.79 Å². The number of carbonyl (C=O) groups is 1. The Bertz CT molecular complexity index is 272. The van der Waals surface area contributed by atoms with Gasteiger partial charge in [0.25, 0.3) is 0 Å². The van der Waals surface area contributed by atoms with E-state index in [1.807, 2.05) is 7.05 Å². The van der Waals surface area contributed by atoms with Crippen molar-refractivity contribution in [2.45, 2.75) is 19.3 Å². The van der Waals surface area contributed by atoms with Gasteiger partial charge >= 0.3 is 0 Å². The van der Waals surface area contributed by atoms with Crippen molar-refractivity contribution in [2.75, 3.05) is 20.1 Å². The summed E-state index contributed by atoms with van der Waals surface area (Å²) < 4.78 is 0. The van der Waals surface area contributed by atoms with Crippen LogP contribution in [0.4, 0.5) is 0 Å². The number of nitrogens with one attached hydrogen (secondary N) is 2. The fraction of sp³-hybridized carbons (Fsp3) is 0.545. The van der Waals surface area contributed by atoms with Gasteiger partial charge in [-0.25, -0.2) is 0 Å². The SMILES string of the molecule is CNCCCC(=O)NCCc1ccsc1. The van der Waals surface area contributed by atoms with Crippen molar-refractivity contribution in [2.24, 2.45) is 0 Å². The molecule has 1 amide bonds. The third-order valence-corrected chi connectivity index (χ3v) is 2.88. The Morgan fingerprint density at radius 3 is 3.00 bits per heavy atom. The van der Waals surface area contributed by atoms with Crippen LogP contribution in [0, 0.1) is 0 Å². The molecule has 1 aromatic heterocycles. The summed E-state index contributed by atoms with van der Waals surface area (Å²) in [5.74, 6) is 0.153. The maximum Gasteiger partial charge on any atom is 0.220 e. The van der Waals surface area contributed by atoms with Crippen LogP contribution < -0.4 is 10.6 Å². The van der Waals surface area contributed by atoms with E-state index in [1.54, 1.807) is 11.3 Å². The van der Waals surface area contributed by atoms with Gasteiger partial charge < -0.3 is 10.6 Å². The van der Waals surface area contributed by atoms with Gasteiger partial charge in [-0.1, -0.05) is 0 Å². The highest BCUT2D eigenvalue weighted by Crippen LogP contribution is 2.05. The van der Waals surface area contributed by atoms with E-state index in [4.69, 9.17) is 0 Å². The van der Waals surface area contributed by atoms with E-state index in [0.29, 0.717) is 6.42 Å². The van der Waals surface area contributed by atoms with Crippen molar-refractivity contribution in [3.63, 3.8) is 0 Å². The molecule has 0 aliphatic carbocycles. The van der Waals surface area contributed by atoms with Crippen molar-refractivity contribution in [1.82, 2.24) is 10.6 Å². The number of carbonyl (C=O) groups excluding carboxylic acids is 1. The minimum absolute atomic E-state index is 0.153. The van der Waals surface area contributed by atoms with Crippen LogP contribution in [-0.4, -0.2) is 26.0 Å². The fourth-order valence-electron chi connectivity index (χ4n) is 1.30. The average Bonchev–Trinajstić information content (AvgIpc) is 2.71. The van der Waals surface area contributed by atoms with E-state index in [1.165, 1.54) is 5.56 Å². The van der Waals surface area contributed by atoms with E-state index in [0.717, 1.165) is 25.9 Å². The molecule has 1 heterocycles. The summed E-state index contributed by atoms with van der Waals surface area (Å²) in [5.41, 5.74) is 1.30. The minimum Gasteiger partial charge on any atom is -0.356 e. The van der Waals surface area contributed by atoms with E-state index in [2.05, 4.69) is 27.5 Å². The normalized spacial score (nSPS) is 10.2. The van der Waals surface area contributed by atoms with Crippen molar-refractivity contribution >= 4 is 17.2 Å². The summed E-state index contributed by atoms with van der Waals surface area (Å²) in [4.78, 5) is 11.3. The van der Waals surface area contributed by atoms with E-state index in [-0.39, 0.29) is 5.91 Å². The van der Waals surface area contributed by atoms with Crippen molar-refractivity contribution in [3.05, 3.63) is 22.4 Å². The third kappa shape index (κ3) is 5.54. The molecular formula is C11H18N2OS. The molecule has 2 N–H and O–H groups in total. The van der Waals surface area contributed by atoms with Crippen LogP contribution in [0.25, 0.3) is 0 Å². The summed E-state index contributed by atoms with van der Waals surface area (Å²) in [5, 5.41) is 10.1. The Morgan fingerprint density at radius 1 is 1.47 bits per heavy atom. The molecule has 0 radical (unpaired) electrons. The second-order valence-corrected chi connectivity index (χ2v) is 4.22. The summed E-state index contributed by atoms with van der Waals surface area (Å²) in [7, 11) is 1.90. The monoisotopic (exact) mass is 226 g/mol. The van der Waals surface area contributed by atoms with Gasteiger partial charge in [0.2, 0.25) is 5.91 Å². The van der Waals surface area contributed by atoms with Gasteiger partial charge in [-0.2, -0.15) is 11.3 Å². The lowest BCUT2D eigenvalue weighted by atomic mass is 10.2. The van der Waals surface area contributed by atoms with Crippen LogP contribution in [0.2, 0.25) is 0 Å². The van der Waals surface area contributed by atoms with E-state index < -0.39 is 0 Å². The first kappa shape index (κ1) is 12.2. The third-order valence-electron chi connectivity index (χ3n) is 2.15. The lowest BCUT2D eigenvalue weighted by Gasteiger charge is -2.03. The van der Waals surface area contributed by atoms with Crippen LogP contribution in [0.3, 0.4) is 0 Å². The molecule has 0 aliphatic heterocycles. The van der Waals surface area contributed by atoms with Gasteiger partial charge in [0.05, 0.1) is 0 Å². The molecule has 1 rings (SSSR count). The Hall–Kier alpha value is -0.870. The molecule has 0 unspecified atom stereocenters. The second kappa shape index (κ2) is 7.43. The van der Waals surface area contributed by atoms with Gasteiger partial charge in [-0.05, 0) is 48.8 Å². The van der Waals surface area contributed by atoms with Crippen LogP contribution in [0.1, 0.15) is 18.4 Å². The predicted octanol–water partition coefficient (Wildman–Crippen LogP) is 1.41. The highest BCUT2D eigenvalue weighted by atomic mass is 32.1. The molecule has 0 spiro atoms. The number of thiophene rings is 1. The molecule has 0 saturated heterocycles. The maximum atomic E-state index is 11.3. The number of amides is 1. The van der Waals surface area contributed by atoms with Crippen LogP contribution in [0.15, 0.2) is 16.8 Å². The zero-order chi connectivity index (χ0) is 10.9. The minimum atomic E-state index is 0.153. The van der Waals surface area contributed by atoms with Gasteiger partial charge in [-0.3, -0.25) is 4.79 Å². The van der Waals surface area contributed by atoms with Gasteiger partial charge in [-0.15, -0.1) is 0 Å². The van der Waals surface area contributed by atoms with Gasteiger partial charge in [0, 0.05) is 13.0 Å². The van der Waals surface area contributed by atoms with E-state index >= 15 is 0 Å². The first-order valence-electron chi connectivity index (χ1n) is 5.25. The Labute approximate surface area is 94.9 Å². The van der Waals surface area contributed by atoms with Gasteiger partial charge in [0.1, 0.15) is 0 Å². The zero-order valence-electron chi connectivity index (χ0n) is 9.08. The Balaban J connectivity index is 2.02. The molecule has 84 valence electrons.